The van der Waals surface area contributed by atoms with E-state index < -0.39 is 15.9 Å². The first-order chi connectivity index (χ1) is 14.2. The Bertz CT molecular complexity index is 1020. The Balaban J connectivity index is 1.60. The highest BCUT2D eigenvalue weighted by molar-refractivity contribution is 7.91. The summed E-state index contributed by atoms with van der Waals surface area (Å²) < 4.78 is 27.5. The Kier molecular flexibility index (Phi) is 6.95. The quantitative estimate of drug-likeness (QED) is 0.735. The van der Waals surface area contributed by atoms with Crippen molar-refractivity contribution in [2.24, 2.45) is 5.92 Å². The van der Waals surface area contributed by atoms with Crippen LogP contribution in [0.15, 0.2) is 40.6 Å². The van der Waals surface area contributed by atoms with Crippen LogP contribution in [0.2, 0.25) is 0 Å². The second-order valence-electron chi connectivity index (χ2n) is 7.68. The van der Waals surface area contributed by atoms with Gasteiger partial charge in [-0.05, 0) is 51.0 Å². The fraction of sp³-hybridized carbons (Fsp3) is 0.429. The molecule has 2 amide bonds. The van der Waals surface area contributed by atoms with E-state index in [1.165, 1.54) is 20.5 Å². The zero-order valence-electron chi connectivity index (χ0n) is 17.4. The standard InChI is InChI=1S/C21H27N3O4S2/c1-15-6-9-18(10-7-15)22-19(25)14-23(3)21(26)17-5-4-12-24(13-17)30(27,28)20-11-8-16(2)29-20/h6-11,17H,4-5,12-14H2,1-3H3,(H,22,25)/t17-/m0/s1. The molecular formula is C21H27N3O4S2. The number of aryl methyl sites for hydroxylation is 2. The van der Waals surface area contributed by atoms with E-state index in [1.54, 1.807) is 19.2 Å². The summed E-state index contributed by atoms with van der Waals surface area (Å²) >= 11 is 1.24. The monoisotopic (exact) mass is 449 g/mol. The number of rotatable bonds is 6. The van der Waals surface area contributed by atoms with Crippen molar-refractivity contribution in [3.63, 3.8) is 0 Å². The number of hydrogen-bond acceptors (Lipinski definition) is 5. The molecule has 9 heteroatoms. The lowest BCUT2D eigenvalue weighted by atomic mass is 9.98. The molecule has 1 aromatic heterocycles. The van der Waals surface area contributed by atoms with E-state index in [9.17, 15) is 18.0 Å². The van der Waals surface area contributed by atoms with Gasteiger partial charge < -0.3 is 10.2 Å². The zero-order chi connectivity index (χ0) is 21.9. The molecule has 1 fully saturated rings. The molecule has 0 saturated carbocycles. The van der Waals surface area contributed by atoms with Crippen LogP contribution in [0.5, 0.6) is 0 Å². The normalized spacial score (nSPS) is 17.5. The van der Waals surface area contributed by atoms with Gasteiger partial charge in [0.25, 0.3) is 10.0 Å². The van der Waals surface area contributed by atoms with Crippen LogP contribution in [-0.4, -0.2) is 56.1 Å². The summed E-state index contributed by atoms with van der Waals surface area (Å²) in [5.41, 5.74) is 1.77. The van der Waals surface area contributed by atoms with Gasteiger partial charge in [0.1, 0.15) is 4.21 Å². The molecule has 162 valence electrons. The van der Waals surface area contributed by atoms with Crippen LogP contribution in [0.25, 0.3) is 0 Å². The Labute approximate surface area is 181 Å². The number of hydrogen-bond donors (Lipinski definition) is 1. The van der Waals surface area contributed by atoms with Crippen molar-refractivity contribution in [1.82, 2.24) is 9.21 Å². The first kappa shape index (κ1) is 22.5. The molecule has 30 heavy (non-hydrogen) atoms. The highest BCUT2D eigenvalue weighted by atomic mass is 32.2. The van der Waals surface area contributed by atoms with Gasteiger partial charge in [-0.1, -0.05) is 17.7 Å². The molecule has 0 bridgehead atoms. The van der Waals surface area contributed by atoms with Gasteiger partial charge in [-0.2, -0.15) is 4.31 Å². The maximum Gasteiger partial charge on any atom is 0.252 e. The molecule has 7 nitrogen and oxygen atoms in total. The van der Waals surface area contributed by atoms with Gasteiger partial charge in [-0.15, -0.1) is 11.3 Å². The van der Waals surface area contributed by atoms with E-state index in [2.05, 4.69) is 5.32 Å². The van der Waals surface area contributed by atoms with Crippen LogP contribution in [0.4, 0.5) is 5.69 Å². The summed E-state index contributed by atoms with van der Waals surface area (Å²) in [6.45, 7) is 4.29. The average Bonchev–Trinajstić information content (AvgIpc) is 3.16. The first-order valence-corrected chi connectivity index (χ1v) is 12.1. The minimum absolute atomic E-state index is 0.0833. The molecule has 1 N–H and O–H groups in total. The van der Waals surface area contributed by atoms with Crippen LogP contribution in [0.1, 0.15) is 23.3 Å². The fourth-order valence-corrected chi connectivity index (χ4v) is 6.44. The molecular weight excluding hydrogens is 422 g/mol. The Hall–Kier alpha value is -2.23. The number of nitrogens with one attached hydrogen (secondary N) is 1. The summed E-state index contributed by atoms with van der Waals surface area (Å²) in [7, 11) is -2.02. The van der Waals surface area contributed by atoms with E-state index in [4.69, 9.17) is 0 Å². The second kappa shape index (κ2) is 9.28. The lowest BCUT2D eigenvalue weighted by molar-refractivity contribution is -0.138. The predicted octanol–water partition coefficient (Wildman–Crippen LogP) is 2.86. The van der Waals surface area contributed by atoms with E-state index in [-0.39, 0.29) is 24.9 Å². The van der Waals surface area contributed by atoms with Gasteiger partial charge >= 0.3 is 0 Å². The van der Waals surface area contributed by atoms with Crippen molar-refractivity contribution in [3.8, 4) is 0 Å². The van der Waals surface area contributed by atoms with Gasteiger partial charge in [0.2, 0.25) is 11.8 Å². The molecule has 2 aromatic rings. The smallest absolute Gasteiger partial charge is 0.252 e. The zero-order valence-corrected chi connectivity index (χ0v) is 19.1. The number of carbonyl (C=O) groups excluding carboxylic acids is 2. The molecule has 0 aliphatic carbocycles. The number of piperidine rings is 1. The number of thiophene rings is 1. The maximum absolute atomic E-state index is 12.9. The molecule has 1 aliphatic rings. The lowest BCUT2D eigenvalue weighted by Gasteiger charge is -2.32. The number of nitrogens with zero attached hydrogens (tertiary/aromatic N) is 2. The maximum atomic E-state index is 12.9. The molecule has 1 saturated heterocycles. The number of likely N-dealkylation sites (N-methyl/N-ethyl adjacent to an activating group) is 1. The van der Waals surface area contributed by atoms with E-state index in [1.807, 2.05) is 38.1 Å². The van der Waals surface area contributed by atoms with E-state index >= 15 is 0 Å². The molecule has 2 heterocycles. The summed E-state index contributed by atoms with van der Waals surface area (Å²) in [6.07, 6.45) is 1.22. The minimum atomic E-state index is -3.60. The van der Waals surface area contributed by atoms with Crippen molar-refractivity contribution in [2.45, 2.75) is 30.9 Å². The molecule has 3 rings (SSSR count). The Morgan fingerprint density at radius 3 is 2.50 bits per heavy atom. The lowest BCUT2D eigenvalue weighted by Crippen LogP contribution is -2.47. The Morgan fingerprint density at radius 1 is 1.17 bits per heavy atom. The largest absolute Gasteiger partial charge is 0.336 e. The van der Waals surface area contributed by atoms with Crippen molar-refractivity contribution in [3.05, 3.63) is 46.8 Å². The SMILES string of the molecule is Cc1ccc(NC(=O)CN(C)C(=O)[C@H]2CCCN(S(=O)(=O)c3ccc(C)s3)C2)cc1. The van der Waals surface area contributed by atoms with Gasteiger partial charge in [0.15, 0.2) is 0 Å². The number of amides is 2. The van der Waals surface area contributed by atoms with Crippen molar-refractivity contribution >= 4 is 38.9 Å². The van der Waals surface area contributed by atoms with Crippen molar-refractivity contribution < 1.29 is 18.0 Å². The van der Waals surface area contributed by atoms with E-state index in [0.717, 1.165) is 10.4 Å². The fourth-order valence-electron chi connectivity index (χ4n) is 3.48. The Morgan fingerprint density at radius 2 is 1.87 bits per heavy atom. The summed E-state index contributed by atoms with van der Waals surface area (Å²) in [6, 6.07) is 10.8. The third-order valence-electron chi connectivity index (χ3n) is 5.14. The topological polar surface area (TPSA) is 86.8 Å². The van der Waals surface area contributed by atoms with Crippen molar-refractivity contribution in [1.29, 1.82) is 0 Å². The molecule has 0 unspecified atom stereocenters. The number of benzene rings is 1. The van der Waals surface area contributed by atoms with Crippen molar-refractivity contribution in [2.75, 3.05) is 32.0 Å². The number of carbonyl (C=O) groups is 2. The van der Waals surface area contributed by atoms with Crippen LogP contribution in [0.3, 0.4) is 0 Å². The van der Waals surface area contributed by atoms with Gasteiger partial charge in [-0.25, -0.2) is 8.42 Å². The number of sulfonamides is 1. The molecule has 1 atom stereocenters. The molecule has 1 aromatic carbocycles. The minimum Gasteiger partial charge on any atom is -0.336 e. The summed E-state index contributed by atoms with van der Waals surface area (Å²) in [5.74, 6) is -0.952. The number of anilines is 1. The average molecular weight is 450 g/mol. The third-order valence-corrected chi connectivity index (χ3v) is 8.47. The van der Waals surface area contributed by atoms with Gasteiger partial charge in [0, 0.05) is 30.7 Å². The van der Waals surface area contributed by atoms with Gasteiger partial charge in [0.05, 0.1) is 12.5 Å². The highest BCUT2D eigenvalue weighted by Gasteiger charge is 2.35. The van der Waals surface area contributed by atoms with Crippen LogP contribution < -0.4 is 5.32 Å². The summed E-state index contributed by atoms with van der Waals surface area (Å²) in [4.78, 5) is 27.5. The second-order valence-corrected chi connectivity index (χ2v) is 11.1. The molecule has 0 spiro atoms. The predicted molar refractivity (Wildman–Crippen MR) is 118 cm³/mol. The highest BCUT2D eigenvalue weighted by Crippen LogP contribution is 2.28. The summed E-state index contributed by atoms with van der Waals surface area (Å²) in [5, 5.41) is 2.78. The molecule has 0 radical (unpaired) electrons. The van der Waals surface area contributed by atoms with Crippen LogP contribution in [-0.2, 0) is 19.6 Å². The first-order valence-electron chi connectivity index (χ1n) is 9.85. The molecule has 1 aliphatic heterocycles. The van der Waals surface area contributed by atoms with Crippen LogP contribution >= 0.6 is 11.3 Å². The van der Waals surface area contributed by atoms with Crippen LogP contribution in [0, 0.1) is 19.8 Å². The van der Waals surface area contributed by atoms with E-state index in [0.29, 0.717) is 29.3 Å². The third kappa shape index (κ3) is 5.27. The van der Waals surface area contributed by atoms with Gasteiger partial charge in [-0.3, -0.25) is 9.59 Å².